The average Bonchev–Trinajstić information content (AvgIpc) is 2.83. The summed E-state index contributed by atoms with van der Waals surface area (Å²) in [5, 5.41) is 3.76. The lowest BCUT2D eigenvalue weighted by molar-refractivity contribution is -0.139. The van der Waals surface area contributed by atoms with Gasteiger partial charge in [-0.2, -0.15) is 0 Å². The number of hydrogen-bond donors (Lipinski definition) is 1. The van der Waals surface area contributed by atoms with Crippen molar-refractivity contribution in [2.75, 3.05) is 12.3 Å². The fraction of sp³-hybridized carbons (Fsp3) is 0.231. The Balaban J connectivity index is 1.90. The Hall–Kier alpha value is -2.47. The van der Waals surface area contributed by atoms with Crippen molar-refractivity contribution in [1.82, 2.24) is 10.2 Å². The first-order chi connectivity index (χ1) is 16.0. The fourth-order valence-electron chi connectivity index (χ4n) is 3.43. The molecule has 0 aliphatic carbocycles. The van der Waals surface area contributed by atoms with Gasteiger partial charge in [-0.3, -0.25) is 9.59 Å². The van der Waals surface area contributed by atoms with Crippen LogP contribution in [0.1, 0.15) is 18.1 Å². The maximum atomic E-state index is 13.5. The largest absolute Gasteiger partial charge is 0.355 e. The molecule has 172 valence electrons. The highest BCUT2D eigenvalue weighted by Crippen LogP contribution is 2.25. The van der Waals surface area contributed by atoms with Crippen LogP contribution < -0.4 is 5.32 Å². The van der Waals surface area contributed by atoms with Gasteiger partial charge in [-0.15, -0.1) is 11.8 Å². The lowest BCUT2D eigenvalue weighted by atomic mass is 10.0. The molecule has 0 aromatic heterocycles. The van der Waals surface area contributed by atoms with Gasteiger partial charge in [-0.05, 0) is 42.3 Å². The highest BCUT2D eigenvalue weighted by molar-refractivity contribution is 8.00. The van der Waals surface area contributed by atoms with E-state index in [1.807, 2.05) is 73.7 Å². The van der Waals surface area contributed by atoms with Crippen molar-refractivity contribution in [3.05, 3.63) is 100 Å². The van der Waals surface area contributed by atoms with Crippen LogP contribution in [0.2, 0.25) is 10.0 Å². The molecule has 0 radical (unpaired) electrons. The van der Waals surface area contributed by atoms with Crippen molar-refractivity contribution in [3.8, 4) is 0 Å². The van der Waals surface area contributed by atoms with Crippen molar-refractivity contribution in [1.29, 1.82) is 0 Å². The van der Waals surface area contributed by atoms with Crippen LogP contribution in [0.25, 0.3) is 0 Å². The summed E-state index contributed by atoms with van der Waals surface area (Å²) in [7, 11) is 0. The molecule has 1 N–H and O–H groups in total. The third-order valence-corrected chi connectivity index (χ3v) is 6.80. The number of carbonyl (C=O) groups is 2. The minimum atomic E-state index is -0.661. The Morgan fingerprint density at radius 3 is 2.21 bits per heavy atom. The number of benzene rings is 3. The molecular formula is C26H26Cl2N2O2S. The summed E-state index contributed by atoms with van der Waals surface area (Å²) in [6, 6.07) is 24.1. The van der Waals surface area contributed by atoms with Crippen LogP contribution in [0.4, 0.5) is 0 Å². The third-order valence-electron chi connectivity index (χ3n) is 5.06. The van der Waals surface area contributed by atoms with Gasteiger partial charge in [0.2, 0.25) is 11.8 Å². The molecule has 0 bridgehead atoms. The van der Waals surface area contributed by atoms with Gasteiger partial charge in [-0.25, -0.2) is 0 Å². The standard InChI is InChI=1S/C26H26Cl2N2O2S/c1-2-29-26(32)24(16-19-9-5-3-6-10-19)30(17-20-13-14-22(27)23(28)15-20)25(31)18-33-21-11-7-4-8-12-21/h3-15,24H,2,16-18H2,1H3,(H,29,32)/t24-/m0/s1. The Labute approximate surface area is 209 Å². The van der Waals surface area contributed by atoms with E-state index in [9.17, 15) is 9.59 Å². The Kier molecular flexibility index (Phi) is 9.67. The van der Waals surface area contributed by atoms with E-state index in [1.165, 1.54) is 11.8 Å². The SMILES string of the molecule is CCNC(=O)[C@H](Cc1ccccc1)N(Cc1ccc(Cl)c(Cl)c1)C(=O)CSc1ccccc1. The van der Waals surface area contributed by atoms with Gasteiger partial charge in [0, 0.05) is 24.4 Å². The topological polar surface area (TPSA) is 49.4 Å². The summed E-state index contributed by atoms with van der Waals surface area (Å²) < 4.78 is 0. The Morgan fingerprint density at radius 2 is 1.58 bits per heavy atom. The molecule has 0 spiro atoms. The predicted octanol–water partition coefficient (Wildman–Crippen LogP) is 5.86. The molecule has 3 rings (SSSR count). The molecule has 0 unspecified atom stereocenters. The summed E-state index contributed by atoms with van der Waals surface area (Å²) in [5.74, 6) is -0.0858. The molecule has 3 aromatic carbocycles. The van der Waals surface area contributed by atoms with Crippen LogP contribution in [0.15, 0.2) is 83.8 Å². The van der Waals surface area contributed by atoms with Gasteiger partial charge >= 0.3 is 0 Å². The summed E-state index contributed by atoms with van der Waals surface area (Å²) in [6.45, 7) is 2.60. The van der Waals surface area contributed by atoms with Crippen molar-refractivity contribution in [2.24, 2.45) is 0 Å². The summed E-state index contributed by atoms with van der Waals surface area (Å²) >= 11 is 13.8. The molecule has 0 aliphatic rings. The smallest absolute Gasteiger partial charge is 0.243 e. The van der Waals surface area contributed by atoms with Crippen LogP contribution in [-0.2, 0) is 22.6 Å². The number of amides is 2. The molecule has 4 nitrogen and oxygen atoms in total. The third kappa shape index (κ3) is 7.53. The zero-order valence-corrected chi connectivity index (χ0v) is 20.7. The van der Waals surface area contributed by atoms with E-state index in [1.54, 1.807) is 17.0 Å². The molecule has 0 saturated heterocycles. The molecule has 33 heavy (non-hydrogen) atoms. The van der Waals surface area contributed by atoms with Crippen molar-refractivity contribution >= 4 is 46.8 Å². The first-order valence-electron chi connectivity index (χ1n) is 10.7. The van der Waals surface area contributed by atoms with Crippen LogP contribution >= 0.6 is 35.0 Å². The maximum absolute atomic E-state index is 13.5. The Bertz CT molecular complexity index is 1060. The zero-order valence-electron chi connectivity index (χ0n) is 18.3. The normalized spacial score (nSPS) is 11.6. The van der Waals surface area contributed by atoms with Gasteiger partial charge < -0.3 is 10.2 Å². The number of hydrogen-bond acceptors (Lipinski definition) is 3. The quantitative estimate of drug-likeness (QED) is 0.354. The van der Waals surface area contributed by atoms with E-state index >= 15 is 0 Å². The number of carbonyl (C=O) groups excluding carboxylic acids is 2. The van der Waals surface area contributed by atoms with E-state index in [2.05, 4.69) is 5.32 Å². The molecule has 0 heterocycles. The first-order valence-corrected chi connectivity index (χ1v) is 12.4. The highest BCUT2D eigenvalue weighted by Gasteiger charge is 2.30. The van der Waals surface area contributed by atoms with Gasteiger partial charge in [-0.1, -0.05) is 77.8 Å². The average molecular weight is 501 g/mol. The monoisotopic (exact) mass is 500 g/mol. The van der Waals surface area contributed by atoms with E-state index in [-0.39, 0.29) is 24.1 Å². The molecule has 0 aliphatic heterocycles. The number of likely N-dealkylation sites (N-methyl/N-ethyl adjacent to an activating group) is 1. The summed E-state index contributed by atoms with van der Waals surface area (Å²) in [6.07, 6.45) is 0.412. The maximum Gasteiger partial charge on any atom is 0.243 e. The van der Waals surface area contributed by atoms with Crippen LogP contribution in [0.3, 0.4) is 0 Å². The molecule has 3 aromatic rings. The molecule has 1 atom stereocenters. The zero-order chi connectivity index (χ0) is 23.6. The highest BCUT2D eigenvalue weighted by atomic mass is 35.5. The van der Waals surface area contributed by atoms with E-state index in [0.717, 1.165) is 16.0 Å². The van der Waals surface area contributed by atoms with Crippen LogP contribution in [-0.4, -0.2) is 35.1 Å². The molecule has 7 heteroatoms. The van der Waals surface area contributed by atoms with Crippen molar-refractivity contribution < 1.29 is 9.59 Å². The van der Waals surface area contributed by atoms with Gasteiger partial charge in [0.1, 0.15) is 6.04 Å². The second-order valence-electron chi connectivity index (χ2n) is 7.47. The summed E-state index contributed by atoms with van der Waals surface area (Å²) in [5.41, 5.74) is 1.79. The van der Waals surface area contributed by atoms with E-state index in [0.29, 0.717) is 23.0 Å². The van der Waals surface area contributed by atoms with Crippen molar-refractivity contribution in [2.45, 2.75) is 30.8 Å². The summed E-state index contributed by atoms with van der Waals surface area (Å²) in [4.78, 5) is 29.2. The van der Waals surface area contributed by atoms with Crippen LogP contribution in [0, 0.1) is 0 Å². The number of nitrogens with zero attached hydrogens (tertiary/aromatic N) is 1. The van der Waals surface area contributed by atoms with Gasteiger partial charge in [0.25, 0.3) is 0 Å². The van der Waals surface area contributed by atoms with Gasteiger partial charge in [0.15, 0.2) is 0 Å². The minimum Gasteiger partial charge on any atom is -0.355 e. The fourth-order valence-corrected chi connectivity index (χ4v) is 4.55. The minimum absolute atomic E-state index is 0.123. The number of halogens is 2. The van der Waals surface area contributed by atoms with E-state index < -0.39 is 6.04 Å². The lowest BCUT2D eigenvalue weighted by Crippen LogP contribution is -2.51. The number of nitrogens with one attached hydrogen (secondary N) is 1. The second-order valence-corrected chi connectivity index (χ2v) is 9.34. The molecule has 0 fully saturated rings. The first kappa shape index (κ1) is 25.2. The number of thioether (sulfide) groups is 1. The van der Waals surface area contributed by atoms with E-state index in [4.69, 9.17) is 23.2 Å². The second kappa shape index (κ2) is 12.7. The molecule has 2 amide bonds. The molecule has 0 saturated carbocycles. The van der Waals surface area contributed by atoms with Gasteiger partial charge in [0.05, 0.1) is 15.8 Å². The van der Waals surface area contributed by atoms with Crippen molar-refractivity contribution in [3.63, 3.8) is 0 Å². The van der Waals surface area contributed by atoms with Crippen LogP contribution in [0.5, 0.6) is 0 Å². The Morgan fingerprint density at radius 1 is 0.909 bits per heavy atom. The molecular weight excluding hydrogens is 475 g/mol. The lowest BCUT2D eigenvalue weighted by Gasteiger charge is -2.31. The number of rotatable bonds is 10. The predicted molar refractivity (Wildman–Crippen MR) is 137 cm³/mol.